The molecular formula is C30H37FN6O3. The third-order valence-corrected chi connectivity index (χ3v) is 7.93. The minimum Gasteiger partial charge on any atom is -0.481 e. The van der Waals surface area contributed by atoms with Gasteiger partial charge in [0.2, 0.25) is 0 Å². The quantitative estimate of drug-likeness (QED) is 0.432. The monoisotopic (exact) mass is 548 g/mol. The molecule has 1 saturated heterocycles. The van der Waals surface area contributed by atoms with Gasteiger partial charge >= 0.3 is 5.97 Å². The number of likely N-dealkylation sites (tertiary alicyclic amines) is 1. The van der Waals surface area contributed by atoms with Gasteiger partial charge in [0.25, 0.3) is 5.91 Å². The number of nitrogens with zero attached hydrogens (tertiary/aromatic N) is 4. The highest BCUT2D eigenvalue weighted by atomic mass is 19.1. The fourth-order valence-electron chi connectivity index (χ4n) is 5.34. The molecule has 40 heavy (non-hydrogen) atoms. The summed E-state index contributed by atoms with van der Waals surface area (Å²) in [6.07, 6.45) is 6.19. The first-order valence-electron chi connectivity index (χ1n) is 13.9. The molecule has 4 N–H and O–H groups in total. The summed E-state index contributed by atoms with van der Waals surface area (Å²) in [7, 11) is 1.84. The number of piperidine rings is 1. The summed E-state index contributed by atoms with van der Waals surface area (Å²) >= 11 is 0. The summed E-state index contributed by atoms with van der Waals surface area (Å²) < 4.78 is 16.3. The minimum atomic E-state index is -0.605. The topological polar surface area (TPSA) is 117 Å². The number of amides is 1. The van der Waals surface area contributed by atoms with Gasteiger partial charge in [0, 0.05) is 25.7 Å². The predicted octanol–water partition coefficient (Wildman–Crippen LogP) is 4.42. The van der Waals surface area contributed by atoms with Crippen molar-refractivity contribution in [3.63, 3.8) is 0 Å². The number of fused-ring (bicyclic) bond motifs is 2. The second kappa shape index (κ2) is 11.8. The van der Waals surface area contributed by atoms with Crippen LogP contribution in [-0.4, -0.2) is 51.3 Å². The average Bonchev–Trinajstić information content (AvgIpc) is 3.72. The van der Waals surface area contributed by atoms with E-state index in [1.807, 2.05) is 32.2 Å². The number of anilines is 3. The average molecular weight is 549 g/mol. The molecule has 10 heteroatoms. The summed E-state index contributed by atoms with van der Waals surface area (Å²) in [4.78, 5) is 27.9. The standard InChI is InChI=1S/C20H20FN5O.C10H17NO2/c1-12-3-6-18-17(7-12)24-19-14(10-23-25(19)2)11-26(18)20(27)15-5-4-13(9-22)8-16(15)21;12-10(13)9-3-5-11(6-4-9)7-8-1-2-8/h3-8,10,24H,9,11,22H2,1-2H3;8-9H,1-7H2,(H,12,13). The molecule has 212 valence electrons. The molecule has 0 atom stereocenters. The first-order valence-corrected chi connectivity index (χ1v) is 13.9. The number of carbonyl (C=O) groups is 2. The number of carbonyl (C=O) groups excluding carboxylic acids is 1. The molecule has 0 unspecified atom stereocenters. The fraction of sp³-hybridized carbons (Fsp3) is 0.433. The van der Waals surface area contributed by atoms with Gasteiger partial charge < -0.3 is 26.0 Å². The molecule has 0 bridgehead atoms. The lowest BCUT2D eigenvalue weighted by Crippen LogP contribution is -2.37. The summed E-state index contributed by atoms with van der Waals surface area (Å²) in [5.74, 6) is 0.0962. The Hall–Kier alpha value is -3.76. The van der Waals surface area contributed by atoms with Crippen LogP contribution < -0.4 is 16.0 Å². The Morgan fingerprint density at radius 3 is 2.52 bits per heavy atom. The molecule has 2 aliphatic heterocycles. The van der Waals surface area contributed by atoms with Gasteiger partial charge in [-0.15, -0.1) is 0 Å². The van der Waals surface area contributed by atoms with Crippen molar-refractivity contribution in [3.05, 3.63) is 70.7 Å². The molecule has 1 aliphatic carbocycles. The van der Waals surface area contributed by atoms with Gasteiger partial charge in [0.1, 0.15) is 11.6 Å². The van der Waals surface area contributed by atoms with Gasteiger partial charge in [-0.1, -0.05) is 12.1 Å². The Kier molecular flexibility index (Phi) is 8.18. The molecule has 3 heterocycles. The van der Waals surface area contributed by atoms with E-state index in [0.29, 0.717) is 17.8 Å². The molecule has 1 aromatic heterocycles. The number of benzene rings is 2. The summed E-state index contributed by atoms with van der Waals surface area (Å²) in [5, 5.41) is 16.4. The van der Waals surface area contributed by atoms with Crippen LogP contribution >= 0.6 is 0 Å². The molecule has 6 rings (SSSR count). The van der Waals surface area contributed by atoms with Crippen molar-refractivity contribution in [1.29, 1.82) is 0 Å². The smallest absolute Gasteiger partial charge is 0.306 e. The van der Waals surface area contributed by atoms with Crippen molar-refractivity contribution >= 4 is 29.1 Å². The number of carboxylic acid groups (broad SMARTS) is 1. The molecule has 1 amide bonds. The fourth-order valence-corrected chi connectivity index (χ4v) is 5.34. The van der Waals surface area contributed by atoms with E-state index in [1.165, 1.54) is 31.5 Å². The first-order chi connectivity index (χ1) is 19.2. The number of hydrogen-bond donors (Lipinski definition) is 3. The number of hydrogen-bond acceptors (Lipinski definition) is 6. The van der Waals surface area contributed by atoms with E-state index >= 15 is 0 Å². The molecule has 3 aliphatic rings. The van der Waals surface area contributed by atoms with Gasteiger partial charge in [-0.25, -0.2) is 4.39 Å². The molecule has 0 radical (unpaired) electrons. The Labute approximate surface area is 233 Å². The van der Waals surface area contributed by atoms with Crippen molar-refractivity contribution in [3.8, 4) is 0 Å². The zero-order valence-electron chi connectivity index (χ0n) is 23.1. The molecule has 0 spiro atoms. The molecule has 2 aromatic carbocycles. The SMILES string of the molecule is Cc1ccc2c(c1)Nc1c(cnn1C)CN2C(=O)c1ccc(CN)cc1F.O=C(O)C1CCN(CC2CC2)CC1. The van der Waals surface area contributed by atoms with Gasteiger partial charge in [-0.3, -0.25) is 14.3 Å². The lowest BCUT2D eigenvalue weighted by molar-refractivity contribution is -0.143. The van der Waals surface area contributed by atoms with E-state index in [-0.39, 0.29) is 18.0 Å². The number of nitrogens with one attached hydrogen (secondary N) is 1. The van der Waals surface area contributed by atoms with Crippen LogP contribution in [0.15, 0.2) is 42.6 Å². The van der Waals surface area contributed by atoms with Crippen molar-refractivity contribution in [2.75, 3.05) is 29.9 Å². The largest absolute Gasteiger partial charge is 0.481 e. The van der Waals surface area contributed by atoms with Crippen LogP contribution in [0.2, 0.25) is 0 Å². The molecule has 9 nitrogen and oxygen atoms in total. The second-order valence-electron chi connectivity index (χ2n) is 11.1. The van der Waals surface area contributed by atoms with Crippen LogP contribution in [0, 0.1) is 24.6 Å². The Balaban J connectivity index is 0.000000207. The van der Waals surface area contributed by atoms with Crippen LogP contribution in [0.25, 0.3) is 0 Å². The lowest BCUT2D eigenvalue weighted by Gasteiger charge is -2.29. The van der Waals surface area contributed by atoms with Crippen LogP contribution in [0.1, 0.15) is 52.7 Å². The summed E-state index contributed by atoms with van der Waals surface area (Å²) in [6, 6.07) is 10.3. The van der Waals surface area contributed by atoms with Gasteiger partial charge in [0.15, 0.2) is 0 Å². The molecule has 1 saturated carbocycles. The molecular weight excluding hydrogens is 511 g/mol. The van der Waals surface area contributed by atoms with Crippen molar-refractivity contribution in [1.82, 2.24) is 14.7 Å². The maximum absolute atomic E-state index is 14.5. The Bertz CT molecular complexity index is 1390. The van der Waals surface area contributed by atoms with Crippen LogP contribution in [0.4, 0.5) is 21.6 Å². The van der Waals surface area contributed by atoms with Crippen LogP contribution in [0.3, 0.4) is 0 Å². The normalized spacial score (nSPS) is 17.1. The highest BCUT2D eigenvalue weighted by Crippen LogP contribution is 2.37. The van der Waals surface area contributed by atoms with Gasteiger partial charge in [-0.2, -0.15) is 5.10 Å². The number of nitrogens with two attached hydrogens (primary N) is 1. The predicted molar refractivity (Wildman–Crippen MR) is 152 cm³/mol. The molecule has 3 aromatic rings. The van der Waals surface area contributed by atoms with E-state index in [4.69, 9.17) is 10.8 Å². The number of aliphatic carboxylic acids is 1. The van der Waals surface area contributed by atoms with Gasteiger partial charge in [0.05, 0.1) is 35.6 Å². The van der Waals surface area contributed by atoms with Crippen LogP contribution in [0.5, 0.6) is 0 Å². The number of aromatic nitrogens is 2. The third kappa shape index (κ3) is 6.18. The van der Waals surface area contributed by atoms with E-state index in [1.54, 1.807) is 21.8 Å². The third-order valence-electron chi connectivity index (χ3n) is 7.93. The zero-order valence-corrected chi connectivity index (χ0v) is 23.1. The molecule has 2 fully saturated rings. The van der Waals surface area contributed by atoms with Crippen molar-refractivity contribution < 1.29 is 19.1 Å². The second-order valence-corrected chi connectivity index (χ2v) is 11.1. The number of aryl methyl sites for hydroxylation is 2. The van der Waals surface area contributed by atoms with Crippen molar-refractivity contribution in [2.45, 2.75) is 45.7 Å². The van der Waals surface area contributed by atoms with E-state index in [9.17, 15) is 14.0 Å². The Morgan fingerprint density at radius 1 is 1.12 bits per heavy atom. The maximum Gasteiger partial charge on any atom is 0.306 e. The highest BCUT2D eigenvalue weighted by Gasteiger charge is 2.30. The zero-order chi connectivity index (χ0) is 28.4. The van der Waals surface area contributed by atoms with Crippen molar-refractivity contribution in [2.24, 2.45) is 24.6 Å². The van der Waals surface area contributed by atoms with Gasteiger partial charge in [-0.05, 0) is 87.0 Å². The first kappa shape index (κ1) is 27.8. The van der Waals surface area contributed by atoms with E-state index in [0.717, 1.165) is 54.5 Å². The van der Waals surface area contributed by atoms with E-state index < -0.39 is 17.7 Å². The lowest BCUT2D eigenvalue weighted by atomic mass is 9.97. The van der Waals surface area contributed by atoms with E-state index in [2.05, 4.69) is 15.3 Å². The Morgan fingerprint density at radius 2 is 1.88 bits per heavy atom. The number of carboxylic acids is 1. The number of halogens is 1. The highest BCUT2D eigenvalue weighted by molar-refractivity contribution is 6.08. The summed E-state index contributed by atoms with van der Waals surface area (Å²) in [6.45, 7) is 5.70. The minimum absolute atomic E-state index is 0.0195. The maximum atomic E-state index is 14.5. The number of rotatable bonds is 5. The summed E-state index contributed by atoms with van der Waals surface area (Å²) in [5.41, 5.74) is 9.62. The van der Waals surface area contributed by atoms with Crippen LogP contribution in [-0.2, 0) is 24.9 Å².